The predicted octanol–water partition coefficient (Wildman–Crippen LogP) is 4.44. The minimum atomic E-state index is -0.448. The molecule has 1 heterocycles. The van der Waals surface area contributed by atoms with Crippen molar-refractivity contribution in [3.8, 4) is 0 Å². The summed E-state index contributed by atoms with van der Waals surface area (Å²) >= 11 is 0. The van der Waals surface area contributed by atoms with Gasteiger partial charge in [0.25, 0.3) is 11.8 Å². The molecule has 6 heteroatoms. The first-order valence-electron chi connectivity index (χ1n) is 10.3. The van der Waals surface area contributed by atoms with Gasteiger partial charge in [0.05, 0.1) is 0 Å². The van der Waals surface area contributed by atoms with E-state index in [4.69, 9.17) is 0 Å². The summed E-state index contributed by atoms with van der Waals surface area (Å²) in [6.45, 7) is 0.228. The molecule has 0 aliphatic rings. The Bertz CT molecular complexity index is 1280. The molecular weight excluding hydrogens is 405 g/mol. The van der Waals surface area contributed by atoms with Crippen LogP contribution in [-0.2, 0) is 11.2 Å². The standard InChI is InChI=1S/C26H22FN3O2/c27-22-12-6-4-8-18(22)14-15-28-26(32)24(30-25(31)19-9-2-1-3-10-19)16-20-17-29-23-13-7-5-11-21(20)23/h1-13,16-17,29H,14-15H2,(H,28,32)(H,30,31)/b24-16-. The normalized spacial score (nSPS) is 11.3. The van der Waals surface area contributed by atoms with E-state index in [0.29, 0.717) is 17.5 Å². The van der Waals surface area contributed by atoms with Crippen molar-refractivity contribution in [1.29, 1.82) is 0 Å². The molecule has 5 nitrogen and oxygen atoms in total. The molecule has 4 rings (SSSR count). The first-order valence-corrected chi connectivity index (χ1v) is 10.3. The van der Waals surface area contributed by atoms with Gasteiger partial charge >= 0.3 is 0 Å². The molecule has 0 saturated carbocycles. The van der Waals surface area contributed by atoms with Gasteiger partial charge in [0, 0.05) is 34.8 Å². The molecule has 2 amide bonds. The largest absolute Gasteiger partial charge is 0.361 e. The number of nitrogens with one attached hydrogen (secondary N) is 3. The second-order valence-electron chi connectivity index (χ2n) is 7.27. The molecular formula is C26H22FN3O2. The summed E-state index contributed by atoms with van der Waals surface area (Å²) in [5, 5.41) is 6.42. The van der Waals surface area contributed by atoms with Crippen LogP contribution in [0.4, 0.5) is 4.39 Å². The number of hydrogen-bond donors (Lipinski definition) is 3. The zero-order chi connectivity index (χ0) is 22.3. The zero-order valence-corrected chi connectivity index (χ0v) is 17.3. The number of H-pyrrole nitrogens is 1. The number of para-hydroxylation sites is 1. The minimum absolute atomic E-state index is 0.108. The lowest BCUT2D eigenvalue weighted by Gasteiger charge is -2.11. The molecule has 0 radical (unpaired) electrons. The molecule has 32 heavy (non-hydrogen) atoms. The van der Waals surface area contributed by atoms with E-state index in [-0.39, 0.29) is 24.0 Å². The van der Waals surface area contributed by atoms with Crippen molar-refractivity contribution >= 4 is 28.8 Å². The lowest BCUT2D eigenvalue weighted by Crippen LogP contribution is -2.35. The van der Waals surface area contributed by atoms with Gasteiger partial charge in [0.1, 0.15) is 11.5 Å². The number of halogens is 1. The van der Waals surface area contributed by atoms with Gasteiger partial charge in [-0.25, -0.2) is 4.39 Å². The van der Waals surface area contributed by atoms with E-state index in [1.165, 1.54) is 6.07 Å². The van der Waals surface area contributed by atoms with Gasteiger partial charge in [0.15, 0.2) is 0 Å². The number of aromatic amines is 1. The Kier molecular flexibility index (Phi) is 6.41. The first-order chi connectivity index (χ1) is 15.6. The fourth-order valence-electron chi connectivity index (χ4n) is 3.42. The molecule has 0 aliphatic heterocycles. The van der Waals surface area contributed by atoms with Gasteiger partial charge in [-0.1, -0.05) is 54.6 Å². The Morgan fingerprint density at radius 3 is 2.44 bits per heavy atom. The topological polar surface area (TPSA) is 74.0 Å². The van der Waals surface area contributed by atoms with Crippen LogP contribution >= 0.6 is 0 Å². The van der Waals surface area contributed by atoms with Crippen LogP contribution in [0.15, 0.2) is 90.8 Å². The van der Waals surface area contributed by atoms with E-state index in [1.54, 1.807) is 54.7 Å². The van der Waals surface area contributed by atoms with Crippen LogP contribution in [0.1, 0.15) is 21.5 Å². The monoisotopic (exact) mass is 427 g/mol. The highest BCUT2D eigenvalue weighted by atomic mass is 19.1. The third-order valence-electron chi connectivity index (χ3n) is 5.09. The number of carbonyl (C=O) groups is 2. The molecule has 0 unspecified atom stereocenters. The molecule has 3 aromatic carbocycles. The van der Waals surface area contributed by atoms with Gasteiger partial charge in [-0.3, -0.25) is 9.59 Å². The maximum absolute atomic E-state index is 13.8. The van der Waals surface area contributed by atoms with E-state index in [9.17, 15) is 14.0 Å². The van der Waals surface area contributed by atoms with Crippen LogP contribution in [0.5, 0.6) is 0 Å². The maximum Gasteiger partial charge on any atom is 0.267 e. The smallest absolute Gasteiger partial charge is 0.267 e. The molecule has 0 aliphatic carbocycles. The zero-order valence-electron chi connectivity index (χ0n) is 17.3. The fraction of sp³-hybridized carbons (Fsp3) is 0.0769. The van der Waals surface area contributed by atoms with Crippen molar-refractivity contribution in [2.75, 3.05) is 6.54 Å². The van der Waals surface area contributed by atoms with Gasteiger partial charge in [-0.15, -0.1) is 0 Å². The van der Waals surface area contributed by atoms with Crippen LogP contribution in [-0.4, -0.2) is 23.3 Å². The van der Waals surface area contributed by atoms with Crippen molar-refractivity contribution in [2.45, 2.75) is 6.42 Å². The highest BCUT2D eigenvalue weighted by Crippen LogP contribution is 2.20. The van der Waals surface area contributed by atoms with Gasteiger partial charge in [0.2, 0.25) is 0 Å². The van der Waals surface area contributed by atoms with Crippen LogP contribution in [0.25, 0.3) is 17.0 Å². The Hall–Kier alpha value is -4.19. The van der Waals surface area contributed by atoms with E-state index in [2.05, 4.69) is 15.6 Å². The van der Waals surface area contributed by atoms with Crippen molar-refractivity contribution in [1.82, 2.24) is 15.6 Å². The van der Waals surface area contributed by atoms with Crippen LogP contribution in [0.2, 0.25) is 0 Å². The average molecular weight is 427 g/mol. The third kappa shape index (κ3) is 4.92. The minimum Gasteiger partial charge on any atom is -0.361 e. The number of aromatic nitrogens is 1. The second-order valence-corrected chi connectivity index (χ2v) is 7.27. The number of rotatable bonds is 7. The summed E-state index contributed by atoms with van der Waals surface area (Å²) in [6.07, 6.45) is 3.76. The van der Waals surface area contributed by atoms with Crippen LogP contribution in [0, 0.1) is 5.82 Å². The van der Waals surface area contributed by atoms with E-state index in [0.717, 1.165) is 16.5 Å². The lowest BCUT2D eigenvalue weighted by atomic mass is 10.1. The molecule has 0 fully saturated rings. The van der Waals surface area contributed by atoms with E-state index in [1.807, 2.05) is 30.3 Å². The molecule has 1 aromatic heterocycles. The SMILES string of the molecule is O=C(NCCc1ccccc1F)/C(=C/c1c[nH]c2ccccc12)NC(=O)c1ccccc1. The molecule has 0 bridgehead atoms. The maximum atomic E-state index is 13.8. The Labute approximate surface area is 185 Å². The van der Waals surface area contributed by atoms with Gasteiger partial charge in [-0.05, 0) is 42.3 Å². The molecule has 0 spiro atoms. The van der Waals surface area contributed by atoms with Crippen molar-refractivity contribution in [3.05, 3.63) is 113 Å². The third-order valence-corrected chi connectivity index (χ3v) is 5.09. The van der Waals surface area contributed by atoms with Gasteiger partial charge in [-0.2, -0.15) is 0 Å². The molecule has 160 valence electrons. The first kappa shape index (κ1) is 21.1. The fourth-order valence-corrected chi connectivity index (χ4v) is 3.42. The van der Waals surface area contributed by atoms with Crippen LogP contribution in [0.3, 0.4) is 0 Å². The highest BCUT2D eigenvalue weighted by Gasteiger charge is 2.15. The lowest BCUT2D eigenvalue weighted by molar-refractivity contribution is -0.117. The van der Waals surface area contributed by atoms with E-state index < -0.39 is 5.91 Å². The Balaban J connectivity index is 1.56. The molecule has 3 N–H and O–H groups in total. The van der Waals surface area contributed by atoms with E-state index >= 15 is 0 Å². The summed E-state index contributed by atoms with van der Waals surface area (Å²) in [5.41, 5.74) is 2.76. The number of carbonyl (C=O) groups excluding carboxylic acids is 2. The quantitative estimate of drug-likeness (QED) is 0.382. The number of benzene rings is 3. The number of amides is 2. The van der Waals surface area contributed by atoms with Crippen LogP contribution < -0.4 is 10.6 Å². The van der Waals surface area contributed by atoms with Crippen molar-refractivity contribution in [2.24, 2.45) is 0 Å². The van der Waals surface area contributed by atoms with Crippen molar-refractivity contribution in [3.63, 3.8) is 0 Å². The summed E-state index contributed by atoms with van der Waals surface area (Å²) in [7, 11) is 0. The number of fused-ring (bicyclic) bond motifs is 1. The summed E-state index contributed by atoms with van der Waals surface area (Å²) in [6, 6.07) is 22.8. The second kappa shape index (κ2) is 9.75. The summed E-state index contributed by atoms with van der Waals surface area (Å²) in [5.74, 6) is -1.15. The summed E-state index contributed by atoms with van der Waals surface area (Å²) < 4.78 is 13.8. The Morgan fingerprint density at radius 1 is 0.906 bits per heavy atom. The average Bonchev–Trinajstić information content (AvgIpc) is 3.23. The molecule has 0 atom stereocenters. The van der Waals surface area contributed by atoms with Crippen molar-refractivity contribution < 1.29 is 14.0 Å². The summed E-state index contributed by atoms with van der Waals surface area (Å²) in [4.78, 5) is 28.8. The number of hydrogen-bond acceptors (Lipinski definition) is 2. The van der Waals surface area contributed by atoms with Gasteiger partial charge < -0.3 is 15.6 Å². The Morgan fingerprint density at radius 2 is 1.62 bits per heavy atom. The highest BCUT2D eigenvalue weighted by molar-refractivity contribution is 6.06. The molecule has 4 aromatic rings. The predicted molar refractivity (Wildman–Crippen MR) is 123 cm³/mol. The molecule has 0 saturated heterocycles.